The molecule has 0 aromatic carbocycles. The number of amides is 3. The van der Waals surface area contributed by atoms with Crippen molar-refractivity contribution >= 4 is 45.3 Å². The van der Waals surface area contributed by atoms with Crippen LogP contribution in [0.2, 0.25) is 0 Å². The second-order valence-corrected chi connectivity index (χ2v) is 8.02. The summed E-state index contributed by atoms with van der Waals surface area (Å²) in [5.74, 6) is -0.871. The molecule has 1 N–H and O–H groups in total. The van der Waals surface area contributed by atoms with Crippen molar-refractivity contribution < 1.29 is 28.7 Å². The van der Waals surface area contributed by atoms with E-state index in [9.17, 15) is 19.2 Å². The standard InChI is InChI=1S/C15H22N2O6S2/c1-11(10-23-12(2)18)25-24-8-7-22-6-5-16-13(19)9-17-14(20)3-4-15(17)21/h3-4,11H,5-10H2,1-2H3,(H,16,19). The molecule has 0 saturated carbocycles. The molecule has 0 fully saturated rings. The number of rotatable bonds is 12. The molecule has 25 heavy (non-hydrogen) atoms. The number of carbonyl (C=O) groups is 4. The molecular weight excluding hydrogens is 368 g/mol. The van der Waals surface area contributed by atoms with Gasteiger partial charge in [-0.3, -0.25) is 24.1 Å². The van der Waals surface area contributed by atoms with Crippen molar-refractivity contribution in [3.8, 4) is 0 Å². The highest BCUT2D eigenvalue weighted by atomic mass is 33.1. The SMILES string of the molecule is CC(=O)OCC(C)SSCCOCCNC(=O)CN1C(=O)C=CC1=O. The summed E-state index contributed by atoms with van der Waals surface area (Å²) in [4.78, 5) is 45.8. The lowest BCUT2D eigenvalue weighted by molar-refractivity contribution is -0.141. The molecule has 140 valence electrons. The van der Waals surface area contributed by atoms with Crippen molar-refractivity contribution in [2.24, 2.45) is 0 Å². The molecule has 1 aliphatic rings. The highest BCUT2D eigenvalue weighted by Gasteiger charge is 2.25. The van der Waals surface area contributed by atoms with Gasteiger partial charge in [-0.05, 0) is 6.92 Å². The van der Waals surface area contributed by atoms with E-state index < -0.39 is 17.7 Å². The second kappa shape index (κ2) is 11.9. The van der Waals surface area contributed by atoms with Gasteiger partial charge < -0.3 is 14.8 Å². The van der Waals surface area contributed by atoms with E-state index in [1.807, 2.05) is 6.92 Å². The summed E-state index contributed by atoms with van der Waals surface area (Å²) in [5.41, 5.74) is 0. The predicted molar refractivity (Wildman–Crippen MR) is 95.8 cm³/mol. The molecule has 1 aliphatic heterocycles. The Balaban J connectivity index is 1.95. The first-order valence-corrected chi connectivity index (χ1v) is 10.1. The lowest BCUT2D eigenvalue weighted by Crippen LogP contribution is -2.41. The summed E-state index contributed by atoms with van der Waals surface area (Å²) >= 11 is 0. The highest BCUT2D eigenvalue weighted by Crippen LogP contribution is 2.26. The molecule has 1 atom stereocenters. The van der Waals surface area contributed by atoms with E-state index >= 15 is 0 Å². The summed E-state index contributed by atoms with van der Waals surface area (Å²) in [6, 6.07) is 0. The molecule has 10 heteroatoms. The van der Waals surface area contributed by atoms with Gasteiger partial charge >= 0.3 is 5.97 Å². The van der Waals surface area contributed by atoms with E-state index in [0.717, 1.165) is 22.8 Å². The van der Waals surface area contributed by atoms with E-state index in [2.05, 4.69) is 5.32 Å². The molecule has 1 unspecified atom stereocenters. The number of nitrogens with one attached hydrogen (secondary N) is 1. The molecule has 0 aliphatic carbocycles. The van der Waals surface area contributed by atoms with Crippen LogP contribution in [-0.4, -0.2) is 72.5 Å². The van der Waals surface area contributed by atoms with Gasteiger partial charge in [0.15, 0.2) is 0 Å². The zero-order valence-corrected chi connectivity index (χ0v) is 15.8. The molecule has 1 heterocycles. The lowest BCUT2D eigenvalue weighted by Gasteiger charge is -2.13. The Morgan fingerprint density at radius 2 is 1.92 bits per heavy atom. The van der Waals surface area contributed by atoms with Gasteiger partial charge in [-0.1, -0.05) is 21.6 Å². The van der Waals surface area contributed by atoms with Crippen molar-refractivity contribution in [2.45, 2.75) is 19.1 Å². The average Bonchev–Trinajstić information content (AvgIpc) is 2.87. The van der Waals surface area contributed by atoms with Gasteiger partial charge in [0.2, 0.25) is 5.91 Å². The van der Waals surface area contributed by atoms with Gasteiger partial charge in [-0.15, -0.1) is 0 Å². The highest BCUT2D eigenvalue weighted by molar-refractivity contribution is 8.76. The van der Waals surface area contributed by atoms with Crippen molar-refractivity contribution in [3.05, 3.63) is 12.2 Å². The molecule has 0 bridgehead atoms. The van der Waals surface area contributed by atoms with Crippen LogP contribution in [0, 0.1) is 0 Å². The van der Waals surface area contributed by atoms with Gasteiger partial charge in [0.05, 0.1) is 13.2 Å². The van der Waals surface area contributed by atoms with E-state index in [-0.39, 0.29) is 17.8 Å². The fourth-order valence-corrected chi connectivity index (χ4v) is 3.67. The zero-order chi connectivity index (χ0) is 18.7. The molecule has 0 aromatic heterocycles. The number of ether oxygens (including phenoxy) is 2. The number of hydrogen-bond donors (Lipinski definition) is 1. The lowest BCUT2D eigenvalue weighted by atomic mass is 10.4. The van der Waals surface area contributed by atoms with Crippen LogP contribution in [0.3, 0.4) is 0 Å². The van der Waals surface area contributed by atoms with Crippen LogP contribution < -0.4 is 5.32 Å². The van der Waals surface area contributed by atoms with Crippen LogP contribution in [-0.2, 0) is 28.7 Å². The first-order chi connectivity index (χ1) is 11.9. The number of hydrogen-bond acceptors (Lipinski definition) is 8. The van der Waals surface area contributed by atoms with Crippen LogP contribution in [0.1, 0.15) is 13.8 Å². The monoisotopic (exact) mass is 390 g/mol. The average molecular weight is 390 g/mol. The summed E-state index contributed by atoms with van der Waals surface area (Å²) in [7, 11) is 3.24. The molecule has 0 spiro atoms. The van der Waals surface area contributed by atoms with Crippen LogP contribution in [0.5, 0.6) is 0 Å². The fourth-order valence-electron chi connectivity index (χ4n) is 1.67. The molecule has 0 radical (unpaired) electrons. The minimum absolute atomic E-state index is 0.207. The minimum atomic E-state index is -0.478. The quantitative estimate of drug-likeness (QED) is 0.221. The fraction of sp³-hybridized carbons (Fsp3) is 0.600. The third-order valence-electron chi connectivity index (χ3n) is 2.84. The summed E-state index contributed by atoms with van der Waals surface area (Å²) < 4.78 is 10.3. The first kappa shape index (κ1) is 21.5. The Labute approximate surface area is 154 Å². The second-order valence-electron chi connectivity index (χ2n) is 5.09. The zero-order valence-electron chi connectivity index (χ0n) is 14.2. The Morgan fingerprint density at radius 1 is 1.24 bits per heavy atom. The van der Waals surface area contributed by atoms with Crippen molar-refractivity contribution in [2.75, 3.05) is 38.7 Å². The van der Waals surface area contributed by atoms with Gasteiger partial charge in [0.1, 0.15) is 13.2 Å². The van der Waals surface area contributed by atoms with Crippen LogP contribution >= 0.6 is 21.6 Å². The van der Waals surface area contributed by atoms with Crippen LogP contribution in [0.25, 0.3) is 0 Å². The topological polar surface area (TPSA) is 102 Å². The normalized spacial score (nSPS) is 14.7. The maximum atomic E-state index is 11.6. The van der Waals surface area contributed by atoms with E-state index in [1.165, 1.54) is 6.92 Å². The third kappa shape index (κ3) is 9.51. The molecule has 0 saturated heterocycles. The summed E-state index contributed by atoms with van der Waals surface area (Å²) in [6.45, 7) is 4.65. The maximum Gasteiger partial charge on any atom is 0.302 e. The van der Waals surface area contributed by atoms with Crippen molar-refractivity contribution in [1.29, 1.82) is 0 Å². The Bertz CT molecular complexity index is 508. The first-order valence-electron chi connectivity index (χ1n) is 7.69. The van der Waals surface area contributed by atoms with Gasteiger partial charge in [0, 0.05) is 36.6 Å². The minimum Gasteiger partial charge on any atom is -0.465 e. The Hall–Kier alpha value is -1.52. The molecule has 3 amide bonds. The van der Waals surface area contributed by atoms with Crippen molar-refractivity contribution in [3.63, 3.8) is 0 Å². The van der Waals surface area contributed by atoms with Crippen LogP contribution in [0.15, 0.2) is 12.2 Å². The molecule has 1 rings (SSSR count). The Kier molecular flexibility index (Phi) is 10.3. The van der Waals surface area contributed by atoms with E-state index in [1.54, 1.807) is 21.6 Å². The van der Waals surface area contributed by atoms with Crippen molar-refractivity contribution in [1.82, 2.24) is 10.2 Å². The van der Waals surface area contributed by atoms with E-state index in [4.69, 9.17) is 9.47 Å². The van der Waals surface area contributed by atoms with Gasteiger partial charge in [0.25, 0.3) is 11.8 Å². The van der Waals surface area contributed by atoms with Gasteiger partial charge in [-0.25, -0.2) is 0 Å². The maximum absolute atomic E-state index is 11.6. The Morgan fingerprint density at radius 3 is 2.56 bits per heavy atom. The number of nitrogens with zero attached hydrogens (tertiary/aromatic N) is 1. The number of imide groups is 1. The molecular formula is C15H22N2O6S2. The van der Waals surface area contributed by atoms with Crippen LogP contribution in [0.4, 0.5) is 0 Å². The molecule has 0 aromatic rings. The smallest absolute Gasteiger partial charge is 0.302 e. The molecule has 8 nitrogen and oxygen atoms in total. The van der Waals surface area contributed by atoms with Gasteiger partial charge in [-0.2, -0.15) is 0 Å². The number of carbonyl (C=O) groups excluding carboxylic acids is 4. The predicted octanol–water partition coefficient (Wildman–Crippen LogP) is 0.377. The largest absolute Gasteiger partial charge is 0.465 e. The number of esters is 1. The summed E-state index contributed by atoms with van der Waals surface area (Å²) in [5, 5.41) is 2.80. The van der Waals surface area contributed by atoms with E-state index in [0.29, 0.717) is 26.4 Å². The third-order valence-corrected chi connectivity index (χ3v) is 5.66. The summed E-state index contributed by atoms with van der Waals surface area (Å²) in [6.07, 6.45) is 2.28.